The first-order valence-electron chi connectivity index (χ1n) is 6.24. The highest BCUT2D eigenvalue weighted by Crippen LogP contribution is 2.33. The Kier molecular flexibility index (Phi) is 4.19. The molecule has 1 fully saturated rings. The van der Waals surface area contributed by atoms with Gasteiger partial charge in [-0.05, 0) is 37.6 Å². The quantitative estimate of drug-likeness (QED) is 0.870. The van der Waals surface area contributed by atoms with Crippen LogP contribution in [0.25, 0.3) is 0 Å². The minimum atomic E-state index is -0.298. The maximum atomic E-state index is 13.7. The van der Waals surface area contributed by atoms with Crippen LogP contribution in [0.1, 0.15) is 12.0 Å². The van der Waals surface area contributed by atoms with Gasteiger partial charge in [-0.3, -0.25) is 0 Å². The van der Waals surface area contributed by atoms with E-state index in [4.69, 9.17) is 9.47 Å². The number of benzene rings is 1. The lowest BCUT2D eigenvalue weighted by atomic mass is 9.81. The van der Waals surface area contributed by atoms with E-state index in [0.29, 0.717) is 5.75 Å². The van der Waals surface area contributed by atoms with Crippen LogP contribution in [0.5, 0.6) is 5.75 Å². The van der Waals surface area contributed by atoms with E-state index in [-0.39, 0.29) is 11.2 Å². The molecule has 0 amide bonds. The van der Waals surface area contributed by atoms with Crippen LogP contribution in [0.4, 0.5) is 4.39 Å². The minimum absolute atomic E-state index is 0.0930. The van der Waals surface area contributed by atoms with Crippen molar-refractivity contribution in [1.29, 1.82) is 0 Å². The van der Waals surface area contributed by atoms with Crippen molar-refractivity contribution >= 4 is 0 Å². The van der Waals surface area contributed by atoms with Gasteiger partial charge in [0.15, 0.2) is 11.6 Å². The molecule has 1 aliphatic heterocycles. The third-order valence-corrected chi connectivity index (χ3v) is 3.53. The van der Waals surface area contributed by atoms with Gasteiger partial charge in [-0.2, -0.15) is 0 Å². The highest BCUT2D eigenvalue weighted by molar-refractivity contribution is 5.30. The molecule has 100 valence electrons. The van der Waals surface area contributed by atoms with E-state index in [1.54, 1.807) is 12.1 Å². The Labute approximate surface area is 107 Å². The average molecular weight is 253 g/mol. The number of methoxy groups -OCH3 is 1. The summed E-state index contributed by atoms with van der Waals surface area (Å²) in [6.45, 7) is 2.42. The van der Waals surface area contributed by atoms with E-state index in [9.17, 15) is 4.39 Å². The monoisotopic (exact) mass is 253 g/mol. The van der Waals surface area contributed by atoms with Crippen LogP contribution in [0.2, 0.25) is 0 Å². The second-order valence-corrected chi connectivity index (χ2v) is 4.98. The second-order valence-electron chi connectivity index (χ2n) is 4.98. The summed E-state index contributed by atoms with van der Waals surface area (Å²) in [6, 6.07) is 5.18. The van der Waals surface area contributed by atoms with Gasteiger partial charge in [0.25, 0.3) is 0 Å². The van der Waals surface area contributed by atoms with Crippen LogP contribution in [0.3, 0.4) is 0 Å². The van der Waals surface area contributed by atoms with Gasteiger partial charge in [-0.15, -0.1) is 0 Å². The molecule has 1 unspecified atom stereocenters. The SMILES string of the molecule is CNCC1(Cc2ccc(OC)c(F)c2)CCOC1. The predicted octanol–water partition coefficient (Wildman–Crippen LogP) is 2.00. The summed E-state index contributed by atoms with van der Waals surface area (Å²) in [7, 11) is 3.42. The summed E-state index contributed by atoms with van der Waals surface area (Å²) in [4.78, 5) is 0. The third-order valence-electron chi connectivity index (χ3n) is 3.53. The fourth-order valence-corrected chi connectivity index (χ4v) is 2.62. The maximum Gasteiger partial charge on any atom is 0.165 e. The summed E-state index contributed by atoms with van der Waals surface area (Å²) in [5.41, 5.74) is 1.09. The summed E-state index contributed by atoms with van der Waals surface area (Å²) in [5.74, 6) is -0.00221. The molecule has 0 bridgehead atoms. The molecule has 1 N–H and O–H groups in total. The molecule has 1 atom stereocenters. The lowest BCUT2D eigenvalue weighted by Crippen LogP contribution is -2.35. The Bertz CT molecular complexity index is 403. The van der Waals surface area contributed by atoms with E-state index >= 15 is 0 Å². The molecule has 0 spiro atoms. The van der Waals surface area contributed by atoms with Crippen LogP contribution >= 0.6 is 0 Å². The first kappa shape index (κ1) is 13.3. The van der Waals surface area contributed by atoms with Crippen molar-refractivity contribution in [2.75, 3.05) is 33.9 Å². The molecule has 3 nitrogen and oxygen atoms in total. The number of ether oxygens (including phenoxy) is 2. The highest BCUT2D eigenvalue weighted by Gasteiger charge is 2.34. The van der Waals surface area contributed by atoms with Crippen molar-refractivity contribution in [3.63, 3.8) is 0 Å². The van der Waals surface area contributed by atoms with Gasteiger partial charge in [0.2, 0.25) is 0 Å². The second kappa shape index (κ2) is 5.67. The number of hydrogen-bond donors (Lipinski definition) is 1. The van der Waals surface area contributed by atoms with Crippen LogP contribution in [0.15, 0.2) is 18.2 Å². The number of rotatable bonds is 5. The Hall–Kier alpha value is -1.13. The topological polar surface area (TPSA) is 30.5 Å². The molecule has 4 heteroatoms. The standard InChI is InChI=1S/C14H20FNO2/c1-16-9-14(5-6-18-10-14)8-11-3-4-13(17-2)12(15)7-11/h3-4,7,16H,5-6,8-10H2,1-2H3. The largest absolute Gasteiger partial charge is 0.494 e. The molecule has 2 rings (SSSR count). The van der Waals surface area contributed by atoms with Gasteiger partial charge < -0.3 is 14.8 Å². The van der Waals surface area contributed by atoms with Crippen molar-refractivity contribution in [3.8, 4) is 5.75 Å². The number of halogens is 1. The minimum Gasteiger partial charge on any atom is -0.494 e. The van der Waals surface area contributed by atoms with Crippen LogP contribution in [-0.2, 0) is 11.2 Å². The third kappa shape index (κ3) is 2.82. The van der Waals surface area contributed by atoms with Gasteiger partial charge in [0.1, 0.15) is 0 Å². The Balaban J connectivity index is 2.14. The van der Waals surface area contributed by atoms with Gasteiger partial charge in [-0.25, -0.2) is 4.39 Å². The molecular weight excluding hydrogens is 233 g/mol. The van der Waals surface area contributed by atoms with E-state index < -0.39 is 0 Å². The van der Waals surface area contributed by atoms with E-state index in [2.05, 4.69) is 5.32 Å². The van der Waals surface area contributed by atoms with E-state index in [0.717, 1.165) is 38.2 Å². The number of nitrogens with one attached hydrogen (secondary N) is 1. The summed E-state index contributed by atoms with van der Waals surface area (Å²) < 4.78 is 24.1. The maximum absolute atomic E-state index is 13.7. The molecule has 0 aliphatic carbocycles. The molecule has 0 radical (unpaired) electrons. The van der Waals surface area contributed by atoms with Crippen LogP contribution in [0, 0.1) is 11.2 Å². The predicted molar refractivity (Wildman–Crippen MR) is 68.5 cm³/mol. The normalized spacial score (nSPS) is 23.3. The number of hydrogen-bond acceptors (Lipinski definition) is 3. The Morgan fingerprint density at radius 3 is 2.89 bits per heavy atom. The zero-order chi connectivity index (χ0) is 13.0. The van der Waals surface area contributed by atoms with Gasteiger partial charge in [-0.1, -0.05) is 6.07 Å². The molecule has 18 heavy (non-hydrogen) atoms. The molecule has 1 aliphatic rings. The molecule has 1 saturated heterocycles. The molecule has 0 saturated carbocycles. The fourth-order valence-electron chi connectivity index (χ4n) is 2.62. The van der Waals surface area contributed by atoms with Crippen molar-refractivity contribution in [3.05, 3.63) is 29.6 Å². The smallest absolute Gasteiger partial charge is 0.165 e. The Morgan fingerprint density at radius 1 is 1.50 bits per heavy atom. The highest BCUT2D eigenvalue weighted by atomic mass is 19.1. The lowest BCUT2D eigenvalue weighted by Gasteiger charge is -2.27. The fraction of sp³-hybridized carbons (Fsp3) is 0.571. The zero-order valence-electron chi connectivity index (χ0n) is 11.0. The summed E-state index contributed by atoms with van der Waals surface area (Å²) in [6.07, 6.45) is 1.84. The van der Waals surface area contributed by atoms with Crippen LogP contribution < -0.4 is 10.1 Å². The first-order valence-corrected chi connectivity index (χ1v) is 6.24. The van der Waals surface area contributed by atoms with Crippen molar-refractivity contribution < 1.29 is 13.9 Å². The first-order chi connectivity index (χ1) is 8.69. The van der Waals surface area contributed by atoms with E-state index in [1.807, 2.05) is 13.1 Å². The van der Waals surface area contributed by atoms with Crippen molar-refractivity contribution in [1.82, 2.24) is 5.32 Å². The zero-order valence-corrected chi connectivity index (χ0v) is 11.0. The van der Waals surface area contributed by atoms with Gasteiger partial charge >= 0.3 is 0 Å². The summed E-state index contributed by atoms with van der Waals surface area (Å²) >= 11 is 0. The Morgan fingerprint density at radius 2 is 2.33 bits per heavy atom. The van der Waals surface area contributed by atoms with E-state index in [1.165, 1.54) is 7.11 Å². The van der Waals surface area contributed by atoms with Crippen LogP contribution in [-0.4, -0.2) is 33.9 Å². The van der Waals surface area contributed by atoms with Gasteiger partial charge in [0.05, 0.1) is 13.7 Å². The average Bonchev–Trinajstić information content (AvgIpc) is 2.78. The summed E-state index contributed by atoms with van der Waals surface area (Å²) in [5, 5.41) is 3.21. The van der Waals surface area contributed by atoms with Crippen molar-refractivity contribution in [2.45, 2.75) is 12.8 Å². The molecular formula is C14H20FNO2. The molecule has 0 aromatic heterocycles. The lowest BCUT2D eigenvalue weighted by molar-refractivity contribution is 0.150. The molecule has 1 aromatic rings. The molecule has 1 heterocycles. The van der Waals surface area contributed by atoms with Gasteiger partial charge in [0, 0.05) is 18.6 Å². The van der Waals surface area contributed by atoms with Crippen molar-refractivity contribution in [2.24, 2.45) is 5.41 Å². The molecule has 1 aromatic carbocycles.